The molecule has 0 aromatic heterocycles. The van der Waals surface area contributed by atoms with Gasteiger partial charge < -0.3 is 5.32 Å². The molecule has 0 amide bonds. The van der Waals surface area contributed by atoms with Crippen LogP contribution in [0, 0.1) is 0 Å². The number of rotatable bonds is 2. The van der Waals surface area contributed by atoms with Gasteiger partial charge in [0.2, 0.25) is 0 Å². The summed E-state index contributed by atoms with van der Waals surface area (Å²) in [5.41, 5.74) is 1.26. The molecular formula is C14H20Cl2N2. The van der Waals surface area contributed by atoms with Gasteiger partial charge in [-0.1, -0.05) is 23.2 Å². The minimum absolute atomic E-state index is 0.150. The number of halogens is 2. The first kappa shape index (κ1) is 14.1. The lowest BCUT2D eigenvalue weighted by Crippen LogP contribution is -2.60. The van der Waals surface area contributed by atoms with Gasteiger partial charge in [-0.2, -0.15) is 0 Å². The van der Waals surface area contributed by atoms with E-state index >= 15 is 0 Å². The van der Waals surface area contributed by atoms with E-state index in [1.54, 1.807) is 0 Å². The van der Waals surface area contributed by atoms with Crippen molar-refractivity contribution >= 4 is 23.2 Å². The predicted octanol–water partition coefficient (Wildman–Crippen LogP) is 3.57. The highest BCUT2D eigenvalue weighted by molar-refractivity contribution is 6.33. The van der Waals surface area contributed by atoms with E-state index in [1.165, 1.54) is 0 Å². The van der Waals surface area contributed by atoms with E-state index in [4.69, 9.17) is 23.2 Å². The zero-order chi connectivity index (χ0) is 13.3. The molecule has 100 valence electrons. The number of benzene rings is 1. The van der Waals surface area contributed by atoms with Crippen LogP contribution in [0.2, 0.25) is 10.0 Å². The summed E-state index contributed by atoms with van der Waals surface area (Å²) in [7, 11) is 0. The second kappa shape index (κ2) is 5.38. The fraction of sp³-hybridized carbons (Fsp3) is 0.571. The van der Waals surface area contributed by atoms with Crippen molar-refractivity contribution in [3.63, 3.8) is 0 Å². The van der Waals surface area contributed by atoms with Gasteiger partial charge in [0.1, 0.15) is 0 Å². The molecule has 1 saturated heterocycles. The fourth-order valence-electron chi connectivity index (χ4n) is 2.37. The van der Waals surface area contributed by atoms with Gasteiger partial charge in [-0.15, -0.1) is 0 Å². The highest BCUT2D eigenvalue weighted by Gasteiger charge is 2.30. The van der Waals surface area contributed by atoms with Crippen molar-refractivity contribution in [2.24, 2.45) is 0 Å². The van der Waals surface area contributed by atoms with Gasteiger partial charge in [0.25, 0.3) is 0 Å². The van der Waals surface area contributed by atoms with Crippen molar-refractivity contribution in [2.45, 2.75) is 38.9 Å². The standard InChI is InChI=1S/C14H20Cl2N2/c1-10-7-17-14(2,3)9-18(10)8-11-6-12(15)4-5-13(11)16/h4-6,10,17H,7-9H2,1-3H3. The smallest absolute Gasteiger partial charge is 0.0452 e. The molecule has 1 heterocycles. The molecule has 1 fully saturated rings. The topological polar surface area (TPSA) is 15.3 Å². The molecule has 1 atom stereocenters. The molecule has 4 heteroatoms. The van der Waals surface area contributed by atoms with E-state index in [0.717, 1.165) is 35.2 Å². The minimum Gasteiger partial charge on any atom is -0.309 e. The molecule has 0 radical (unpaired) electrons. The van der Waals surface area contributed by atoms with Crippen molar-refractivity contribution in [2.75, 3.05) is 13.1 Å². The fourth-order valence-corrected chi connectivity index (χ4v) is 2.74. The summed E-state index contributed by atoms with van der Waals surface area (Å²) >= 11 is 12.3. The zero-order valence-corrected chi connectivity index (χ0v) is 12.6. The number of hydrogen-bond acceptors (Lipinski definition) is 2. The first-order chi connectivity index (χ1) is 8.37. The molecule has 0 bridgehead atoms. The highest BCUT2D eigenvalue weighted by Crippen LogP contribution is 2.24. The summed E-state index contributed by atoms with van der Waals surface area (Å²) in [5.74, 6) is 0. The summed E-state index contributed by atoms with van der Waals surface area (Å²) in [4.78, 5) is 2.45. The normalized spacial score (nSPS) is 24.2. The molecule has 1 aromatic carbocycles. The minimum atomic E-state index is 0.150. The Labute approximate surface area is 119 Å². The SMILES string of the molecule is CC1CNC(C)(C)CN1Cc1cc(Cl)ccc1Cl. The Morgan fingerprint density at radius 2 is 2.11 bits per heavy atom. The van der Waals surface area contributed by atoms with Crippen molar-refractivity contribution in [1.82, 2.24) is 10.2 Å². The maximum Gasteiger partial charge on any atom is 0.0452 e. The molecule has 0 saturated carbocycles. The van der Waals surface area contributed by atoms with Gasteiger partial charge in [-0.05, 0) is 44.5 Å². The summed E-state index contributed by atoms with van der Waals surface area (Å²) in [6.07, 6.45) is 0. The monoisotopic (exact) mass is 286 g/mol. The second-order valence-corrected chi connectivity index (χ2v) is 6.60. The van der Waals surface area contributed by atoms with E-state index in [1.807, 2.05) is 18.2 Å². The first-order valence-corrected chi connectivity index (χ1v) is 7.06. The average molecular weight is 287 g/mol. The molecule has 2 rings (SSSR count). The molecule has 0 spiro atoms. The van der Waals surface area contributed by atoms with Crippen LogP contribution in [-0.4, -0.2) is 29.6 Å². The Kier molecular flexibility index (Phi) is 4.22. The average Bonchev–Trinajstić information content (AvgIpc) is 2.28. The van der Waals surface area contributed by atoms with Gasteiger partial charge in [-0.25, -0.2) is 0 Å². The number of nitrogens with zero attached hydrogens (tertiary/aromatic N) is 1. The number of hydrogen-bond donors (Lipinski definition) is 1. The van der Waals surface area contributed by atoms with Crippen molar-refractivity contribution in [3.05, 3.63) is 33.8 Å². The van der Waals surface area contributed by atoms with Crippen LogP contribution in [0.4, 0.5) is 0 Å². The summed E-state index contributed by atoms with van der Waals surface area (Å²) < 4.78 is 0. The first-order valence-electron chi connectivity index (χ1n) is 6.30. The van der Waals surface area contributed by atoms with Crippen LogP contribution in [0.3, 0.4) is 0 Å². The van der Waals surface area contributed by atoms with E-state index in [9.17, 15) is 0 Å². The molecule has 1 aliphatic rings. The maximum absolute atomic E-state index is 6.23. The summed E-state index contributed by atoms with van der Waals surface area (Å²) in [6, 6.07) is 6.18. The van der Waals surface area contributed by atoms with E-state index < -0.39 is 0 Å². The van der Waals surface area contributed by atoms with Crippen LogP contribution in [0.5, 0.6) is 0 Å². The van der Waals surface area contributed by atoms with Crippen molar-refractivity contribution in [1.29, 1.82) is 0 Å². The Morgan fingerprint density at radius 3 is 2.83 bits per heavy atom. The molecule has 18 heavy (non-hydrogen) atoms. The van der Waals surface area contributed by atoms with Gasteiger partial charge in [0.05, 0.1) is 0 Å². The Hall–Kier alpha value is -0.280. The zero-order valence-electron chi connectivity index (χ0n) is 11.1. The van der Waals surface area contributed by atoms with Crippen molar-refractivity contribution < 1.29 is 0 Å². The van der Waals surface area contributed by atoms with E-state index in [2.05, 4.69) is 31.0 Å². The van der Waals surface area contributed by atoms with E-state index in [-0.39, 0.29) is 5.54 Å². The lowest BCUT2D eigenvalue weighted by molar-refractivity contribution is 0.0978. The van der Waals surface area contributed by atoms with Crippen LogP contribution >= 0.6 is 23.2 Å². The Morgan fingerprint density at radius 1 is 1.39 bits per heavy atom. The largest absolute Gasteiger partial charge is 0.309 e. The van der Waals surface area contributed by atoms with Crippen molar-refractivity contribution in [3.8, 4) is 0 Å². The van der Waals surface area contributed by atoms with Gasteiger partial charge in [0.15, 0.2) is 0 Å². The lowest BCUT2D eigenvalue weighted by Gasteiger charge is -2.43. The molecule has 2 nitrogen and oxygen atoms in total. The lowest BCUT2D eigenvalue weighted by atomic mass is 9.98. The Balaban J connectivity index is 2.14. The number of piperazine rings is 1. The van der Waals surface area contributed by atoms with Crippen LogP contribution in [-0.2, 0) is 6.54 Å². The Bertz CT molecular complexity index is 432. The van der Waals surface area contributed by atoms with Gasteiger partial charge >= 0.3 is 0 Å². The summed E-state index contributed by atoms with van der Waals surface area (Å²) in [6.45, 7) is 9.56. The second-order valence-electron chi connectivity index (χ2n) is 5.75. The predicted molar refractivity (Wildman–Crippen MR) is 78.4 cm³/mol. The number of nitrogens with one attached hydrogen (secondary N) is 1. The third-order valence-electron chi connectivity index (χ3n) is 3.48. The molecule has 0 aliphatic carbocycles. The van der Waals surface area contributed by atoms with Gasteiger partial charge in [0, 0.05) is 41.3 Å². The summed E-state index contributed by atoms with van der Waals surface area (Å²) in [5, 5.41) is 5.09. The molecule has 1 N–H and O–H groups in total. The van der Waals surface area contributed by atoms with Crippen LogP contribution in [0.15, 0.2) is 18.2 Å². The molecule has 1 aromatic rings. The third kappa shape index (κ3) is 3.39. The quantitative estimate of drug-likeness (QED) is 0.894. The van der Waals surface area contributed by atoms with Crippen LogP contribution < -0.4 is 5.32 Å². The van der Waals surface area contributed by atoms with Crippen LogP contribution in [0.1, 0.15) is 26.3 Å². The molecule has 1 aliphatic heterocycles. The highest BCUT2D eigenvalue weighted by atomic mass is 35.5. The maximum atomic E-state index is 6.23. The molecule has 1 unspecified atom stereocenters. The third-order valence-corrected chi connectivity index (χ3v) is 4.08. The van der Waals surface area contributed by atoms with E-state index in [0.29, 0.717) is 6.04 Å². The van der Waals surface area contributed by atoms with Gasteiger partial charge in [-0.3, -0.25) is 4.90 Å². The molecular weight excluding hydrogens is 267 g/mol. The van der Waals surface area contributed by atoms with Crippen LogP contribution in [0.25, 0.3) is 0 Å².